The van der Waals surface area contributed by atoms with Crippen molar-refractivity contribution in [3.63, 3.8) is 0 Å². The number of piperidine rings is 1. The van der Waals surface area contributed by atoms with E-state index in [1.807, 2.05) is 48.2 Å². The molecule has 156 valence electrons. The highest BCUT2D eigenvalue weighted by atomic mass is 16.5. The van der Waals surface area contributed by atoms with Crippen LogP contribution in [-0.4, -0.2) is 48.4 Å². The average Bonchev–Trinajstić information content (AvgIpc) is 2.78. The van der Waals surface area contributed by atoms with Crippen LogP contribution in [0.25, 0.3) is 0 Å². The summed E-state index contributed by atoms with van der Waals surface area (Å²) in [5.41, 5.74) is 2.98. The second-order valence-corrected chi connectivity index (χ2v) is 7.96. The maximum Gasteiger partial charge on any atom is 0.339 e. The number of aryl methyl sites for hydroxylation is 1. The van der Waals surface area contributed by atoms with E-state index in [1.54, 1.807) is 12.1 Å². The van der Waals surface area contributed by atoms with E-state index in [1.165, 1.54) is 4.90 Å². The fourth-order valence-electron chi connectivity index (χ4n) is 4.04. The van der Waals surface area contributed by atoms with Crippen molar-refractivity contribution < 1.29 is 19.1 Å². The monoisotopic (exact) mass is 406 g/mol. The normalized spacial score (nSPS) is 18.4. The van der Waals surface area contributed by atoms with Crippen molar-refractivity contribution in [2.75, 3.05) is 24.5 Å². The first-order valence-electron chi connectivity index (χ1n) is 10.5. The van der Waals surface area contributed by atoms with Crippen molar-refractivity contribution in [3.05, 3.63) is 65.2 Å². The van der Waals surface area contributed by atoms with Crippen molar-refractivity contribution in [1.29, 1.82) is 0 Å². The number of benzene rings is 2. The molecule has 1 saturated heterocycles. The van der Waals surface area contributed by atoms with Crippen LogP contribution >= 0.6 is 0 Å². The second-order valence-electron chi connectivity index (χ2n) is 7.96. The molecule has 4 rings (SSSR count). The first kappa shape index (κ1) is 20.1. The van der Waals surface area contributed by atoms with Gasteiger partial charge in [-0.05, 0) is 49.9 Å². The molecule has 2 aliphatic heterocycles. The lowest BCUT2D eigenvalue weighted by Gasteiger charge is -2.32. The minimum Gasteiger partial charge on any atom is -0.448 e. The van der Waals surface area contributed by atoms with Crippen LogP contribution in [0, 0.1) is 6.92 Å². The SMILES string of the molecule is Cc1ccc(N(CC(=O)N2CCCCC2)C(=O)C2Cc3ccccc3C(=O)O2)cc1. The molecule has 30 heavy (non-hydrogen) atoms. The molecule has 0 radical (unpaired) electrons. The van der Waals surface area contributed by atoms with Crippen LogP contribution in [0.4, 0.5) is 5.69 Å². The summed E-state index contributed by atoms with van der Waals surface area (Å²) in [6.45, 7) is 3.35. The van der Waals surface area contributed by atoms with Crippen LogP contribution < -0.4 is 4.90 Å². The van der Waals surface area contributed by atoms with Gasteiger partial charge in [0, 0.05) is 25.2 Å². The van der Waals surface area contributed by atoms with Gasteiger partial charge >= 0.3 is 5.97 Å². The summed E-state index contributed by atoms with van der Waals surface area (Å²) < 4.78 is 5.47. The number of hydrogen-bond donors (Lipinski definition) is 0. The third-order valence-corrected chi connectivity index (χ3v) is 5.78. The van der Waals surface area contributed by atoms with Gasteiger partial charge in [0.05, 0.1) is 5.56 Å². The summed E-state index contributed by atoms with van der Waals surface area (Å²) in [6, 6.07) is 14.6. The lowest BCUT2D eigenvalue weighted by Crippen LogP contribution is -2.50. The molecule has 1 atom stereocenters. The molecule has 0 N–H and O–H groups in total. The zero-order valence-electron chi connectivity index (χ0n) is 17.2. The van der Waals surface area contributed by atoms with E-state index in [9.17, 15) is 14.4 Å². The quantitative estimate of drug-likeness (QED) is 0.732. The number of fused-ring (bicyclic) bond motifs is 1. The van der Waals surface area contributed by atoms with Gasteiger partial charge in [-0.2, -0.15) is 0 Å². The molecule has 0 saturated carbocycles. The Balaban J connectivity index is 1.58. The Morgan fingerprint density at radius 1 is 1.03 bits per heavy atom. The molecule has 1 unspecified atom stereocenters. The van der Waals surface area contributed by atoms with Crippen LogP contribution in [-0.2, 0) is 20.7 Å². The largest absolute Gasteiger partial charge is 0.448 e. The van der Waals surface area contributed by atoms with Gasteiger partial charge in [0.15, 0.2) is 6.10 Å². The fourth-order valence-corrected chi connectivity index (χ4v) is 4.04. The van der Waals surface area contributed by atoms with E-state index in [-0.39, 0.29) is 18.4 Å². The molecule has 0 bridgehead atoms. The molecule has 1 fully saturated rings. The molecule has 6 nitrogen and oxygen atoms in total. The summed E-state index contributed by atoms with van der Waals surface area (Å²) in [4.78, 5) is 42.0. The molecule has 2 aromatic rings. The number of ether oxygens (including phenoxy) is 1. The summed E-state index contributed by atoms with van der Waals surface area (Å²) in [5.74, 6) is -0.945. The van der Waals surface area contributed by atoms with Crippen molar-refractivity contribution in [2.45, 2.75) is 38.7 Å². The van der Waals surface area contributed by atoms with Crippen molar-refractivity contribution in [2.24, 2.45) is 0 Å². The van der Waals surface area contributed by atoms with Crippen molar-refractivity contribution in [1.82, 2.24) is 4.90 Å². The first-order valence-corrected chi connectivity index (χ1v) is 10.5. The van der Waals surface area contributed by atoms with E-state index in [0.29, 0.717) is 17.7 Å². The minimum absolute atomic E-state index is 0.0579. The summed E-state index contributed by atoms with van der Waals surface area (Å²) in [7, 11) is 0. The molecule has 0 aromatic heterocycles. The van der Waals surface area contributed by atoms with Gasteiger partial charge in [-0.15, -0.1) is 0 Å². The third-order valence-electron chi connectivity index (χ3n) is 5.78. The fraction of sp³-hybridized carbons (Fsp3) is 0.375. The molecule has 2 amide bonds. The van der Waals surface area contributed by atoms with Crippen molar-refractivity contribution >= 4 is 23.5 Å². The Morgan fingerprint density at radius 2 is 1.73 bits per heavy atom. The summed E-state index contributed by atoms with van der Waals surface area (Å²) >= 11 is 0. The highest BCUT2D eigenvalue weighted by Gasteiger charge is 2.35. The van der Waals surface area contributed by atoms with Crippen LogP contribution in [0.5, 0.6) is 0 Å². The lowest BCUT2D eigenvalue weighted by atomic mass is 9.98. The zero-order valence-corrected chi connectivity index (χ0v) is 17.2. The number of cyclic esters (lactones) is 1. The van der Waals surface area contributed by atoms with Gasteiger partial charge in [-0.3, -0.25) is 14.5 Å². The molecule has 6 heteroatoms. The van der Waals surface area contributed by atoms with Gasteiger partial charge in [0.1, 0.15) is 6.54 Å². The topological polar surface area (TPSA) is 66.9 Å². The molecule has 2 aliphatic rings. The maximum absolute atomic E-state index is 13.4. The van der Waals surface area contributed by atoms with Gasteiger partial charge < -0.3 is 9.64 Å². The van der Waals surface area contributed by atoms with Crippen LogP contribution in [0.2, 0.25) is 0 Å². The summed E-state index contributed by atoms with van der Waals surface area (Å²) in [5, 5.41) is 0. The molecule has 0 aliphatic carbocycles. The lowest BCUT2D eigenvalue weighted by molar-refractivity contribution is -0.134. The number of nitrogens with zero attached hydrogens (tertiary/aromatic N) is 2. The van der Waals surface area contributed by atoms with Gasteiger partial charge in [-0.1, -0.05) is 35.9 Å². The average molecular weight is 406 g/mol. The number of esters is 1. The smallest absolute Gasteiger partial charge is 0.339 e. The first-order chi connectivity index (χ1) is 14.5. The Hall–Kier alpha value is -3.15. The predicted octanol–water partition coefficient (Wildman–Crippen LogP) is 3.12. The molecule has 2 heterocycles. The molecule has 2 aromatic carbocycles. The number of carbonyl (C=O) groups is 3. The van der Waals surface area contributed by atoms with Crippen LogP contribution in [0.1, 0.15) is 40.7 Å². The number of carbonyl (C=O) groups excluding carboxylic acids is 3. The highest BCUT2D eigenvalue weighted by molar-refractivity contribution is 6.04. The molecule has 0 spiro atoms. The summed E-state index contributed by atoms with van der Waals surface area (Å²) in [6.07, 6.45) is 2.47. The van der Waals surface area contributed by atoms with E-state index in [2.05, 4.69) is 0 Å². The predicted molar refractivity (Wildman–Crippen MR) is 113 cm³/mol. The Bertz CT molecular complexity index is 948. The van der Waals surface area contributed by atoms with E-state index >= 15 is 0 Å². The van der Waals surface area contributed by atoms with Crippen molar-refractivity contribution in [3.8, 4) is 0 Å². The maximum atomic E-state index is 13.4. The number of amides is 2. The number of anilines is 1. The van der Waals surface area contributed by atoms with E-state index in [4.69, 9.17) is 4.74 Å². The second kappa shape index (κ2) is 8.69. The third kappa shape index (κ3) is 4.22. The number of likely N-dealkylation sites (tertiary alicyclic amines) is 1. The standard InChI is InChI=1S/C24H26N2O4/c1-17-9-11-19(12-10-17)26(16-22(27)25-13-5-2-6-14-25)23(28)21-15-18-7-3-4-8-20(18)24(29)30-21/h3-4,7-12,21H,2,5-6,13-16H2,1H3. The van der Waals surface area contributed by atoms with Gasteiger partial charge in [-0.25, -0.2) is 4.79 Å². The van der Waals surface area contributed by atoms with Gasteiger partial charge in [0.25, 0.3) is 5.91 Å². The van der Waals surface area contributed by atoms with Crippen LogP contribution in [0.3, 0.4) is 0 Å². The molecular formula is C24H26N2O4. The van der Waals surface area contributed by atoms with Crippen LogP contribution in [0.15, 0.2) is 48.5 Å². The minimum atomic E-state index is -0.942. The zero-order chi connectivity index (χ0) is 21.1. The Morgan fingerprint density at radius 3 is 2.47 bits per heavy atom. The molecular weight excluding hydrogens is 380 g/mol. The number of rotatable bonds is 4. The van der Waals surface area contributed by atoms with E-state index in [0.717, 1.165) is 43.5 Å². The Labute approximate surface area is 176 Å². The Kier molecular flexibility index (Phi) is 5.84. The van der Waals surface area contributed by atoms with Gasteiger partial charge in [0.2, 0.25) is 5.91 Å². The number of hydrogen-bond acceptors (Lipinski definition) is 4. The van der Waals surface area contributed by atoms with E-state index < -0.39 is 12.1 Å². The highest BCUT2D eigenvalue weighted by Crippen LogP contribution is 2.24.